The Kier molecular flexibility index (Phi) is 5.90. The Balaban J connectivity index is 1.28. The lowest BCUT2D eigenvalue weighted by Gasteiger charge is -2.36. The highest BCUT2D eigenvalue weighted by Gasteiger charge is 2.45. The Bertz CT molecular complexity index is 1200. The third kappa shape index (κ3) is 4.39. The highest BCUT2D eigenvalue weighted by molar-refractivity contribution is 6.30. The summed E-state index contributed by atoms with van der Waals surface area (Å²) in [5.74, 6) is -1.09. The fourth-order valence-corrected chi connectivity index (χ4v) is 5.36. The zero-order valence-corrected chi connectivity index (χ0v) is 19.9. The molecule has 2 aromatic heterocycles. The second-order valence-corrected chi connectivity index (χ2v) is 9.97. The van der Waals surface area contributed by atoms with Gasteiger partial charge in [-0.1, -0.05) is 11.6 Å². The molecule has 1 aromatic carbocycles. The molecule has 2 fully saturated rings. The molecule has 0 amide bonds. The minimum atomic E-state index is -2.83. The zero-order valence-electron chi connectivity index (χ0n) is 19.2. The second-order valence-electron chi connectivity index (χ2n) is 9.53. The van der Waals surface area contributed by atoms with Crippen molar-refractivity contribution in [1.82, 2.24) is 29.6 Å². The normalized spacial score (nSPS) is 19.7. The average molecular weight is 502 g/mol. The molecule has 0 unspecified atom stereocenters. The number of nitrogens with zero attached hydrogens (tertiary/aromatic N) is 7. The number of halogens is 3. The summed E-state index contributed by atoms with van der Waals surface area (Å²) in [6, 6.07) is 7.45. The molecule has 11 heteroatoms. The fraction of sp³-hybridized carbons (Fsp3) is 0.500. The minimum Gasteiger partial charge on any atom is -0.380 e. The highest BCUT2D eigenvalue weighted by Crippen LogP contribution is 2.36. The van der Waals surface area contributed by atoms with Crippen LogP contribution in [0.3, 0.4) is 0 Å². The highest BCUT2D eigenvalue weighted by atomic mass is 35.5. The van der Waals surface area contributed by atoms with Crippen molar-refractivity contribution in [2.75, 3.05) is 37.7 Å². The molecule has 3 aliphatic rings. The maximum Gasteiger partial charge on any atom is 0.267 e. The number of piperidine rings is 1. The first-order valence-corrected chi connectivity index (χ1v) is 12.3. The Morgan fingerprint density at radius 1 is 1.06 bits per heavy atom. The van der Waals surface area contributed by atoms with E-state index in [1.165, 1.54) is 0 Å². The van der Waals surface area contributed by atoms with Crippen molar-refractivity contribution < 1.29 is 13.5 Å². The number of rotatable bonds is 5. The summed E-state index contributed by atoms with van der Waals surface area (Å²) < 4.78 is 36.9. The number of fused-ring (bicyclic) bond motifs is 3. The molecule has 6 rings (SSSR count). The fourth-order valence-electron chi connectivity index (χ4n) is 5.17. The van der Waals surface area contributed by atoms with Crippen LogP contribution in [0.25, 0.3) is 5.69 Å². The van der Waals surface area contributed by atoms with Crippen molar-refractivity contribution in [2.24, 2.45) is 5.92 Å². The molecule has 3 aromatic rings. The lowest BCUT2D eigenvalue weighted by Crippen LogP contribution is -2.49. The van der Waals surface area contributed by atoms with Gasteiger partial charge in [0.15, 0.2) is 5.82 Å². The van der Waals surface area contributed by atoms with E-state index >= 15 is 0 Å². The number of benzene rings is 1. The first kappa shape index (κ1) is 22.8. The van der Waals surface area contributed by atoms with E-state index < -0.39 is 11.8 Å². The molecular formula is C24H26ClF2N7O. The van der Waals surface area contributed by atoms with Gasteiger partial charge in [0.05, 0.1) is 37.9 Å². The predicted molar refractivity (Wildman–Crippen MR) is 126 cm³/mol. The smallest absolute Gasteiger partial charge is 0.267 e. The van der Waals surface area contributed by atoms with Crippen molar-refractivity contribution >= 4 is 17.5 Å². The predicted octanol–water partition coefficient (Wildman–Crippen LogP) is 3.69. The maximum absolute atomic E-state index is 14.9. The molecule has 0 bridgehead atoms. The molecule has 0 atom stereocenters. The molecular weight excluding hydrogens is 476 g/mol. The van der Waals surface area contributed by atoms with Crippen LogP contribution >= 0.6 is 11.6 Å². The molecule has 184 valence electrons. The minimum absolute atomic E-state index is 0.107. The summed E-state index contributed by atoms with van der Waals surface area (Å²) in [5.41, 5.74) is 1.81. The molecule has 5 heterocycles. The quantitative estimate of drug-likeness (QED) is 0.528. The van der Waals surface area contributed by atoms with Crippen LogP contribution in [0, 0.1) is 5.92 Å². The molecule has 0 aliphatic carbocycles. The maximum atomic E-state index is 14.9. The van der Waals surface area contributed by atoms with Crippen LogP contribution < -0.4 is 4.90 Å². The zero-order chi connectivity index (χ0) is 24.0. The summed E-state index contributed by atoms with van der Waals surface area (Å²) in [5, 5.41) is 9.63. The Hall–Kier alpha value is -2.69. The summed E-state index contributed by atoms with van der Waals surface area (Å²) in [6.45, 7) is 2.14. The number of ether oxygens (including phenoxy) is 1. The van der Waals surface area contributed by atoms with E-state index in [2.05, 4.69) is 29.6 Å². The van der Waals surface area contributed by atoms with Crippen LogP contribution in [0.4, 0.5) is 14.7 Å². The van der Waals surface area contributed by atoms with E-state index in [1.807, 2.05) is 24.3 Å². The van der Waals surface area contributed by atoms with Crippen LogP contribution in [0.1, 0.15) is 36.0 Å². The molecule has 2 saturated heterocycles. The van der Waals surface area contributed by atoms with Crippen molar-refractivity contribution in [3.8, 4) is 5.69 Å². The Morgan fingerprint density at radius 2 is 1.83 bits per heavy atom. The van der Waals surface area contributed by atoms with E-state index in [-0.39, 0.29) is 25.7 Å². The lowest BCUT2D eigenvalue weighted by atomic mass is 9.95. The van der Waals surface area contributed by atoms with E-state index in [0.29, 0.717) is 23.9 Å². The third-order valence-electron chi connectivity index (χ3n) is 7.16. The van der Waals surface area contributed by atoms with Gasteiger partial charge in [-0.15, -0.1) is 10.2 Å². The Morgan fingerprint density at radius 3 is 2.54 bits per heavy atom. The number of hydrogen-bond donors (Lipinski definition) is 0. The lowest BCUT2D eigenvalue weighted by molar-refractivity contribution is -0.179. The molecule has 0 spiro atoms. The van der Waals surface area contributed by atoms with Crippen LogP contribution in [-0.2, 0) is 17.8 Å². The van der Waals surface area contributed by atoms with Gasteiger partial charge in [0.25, 0.3) is 5.92 Å². The first-order chi connectivity index (χ1) is 17.0. The van der Waals surface area contributed by atoms with Gasteiger partial charge < -0.3 is 9.64 Å². The van der Waals surface area contributed by atoms with Gasteiger partial charge in [-0.25, -0.2) is 18.7 Å². The molecule has 35 heavy (non-hydrogen) atoms. The van der Waals surface area contributed by atoms with Gasteiger partial charge in [0.1, 0.15) is 5.82 Å². The van der Waals surface area contributed by atoms with E-state index in [0.717, 1.165) is 49.0 Å². The van der Waals surface area contributed by atoms with Gasteiger partial charge in [0, 0.05) is 43.0 Å². The van der Waals surface area contributed by atoms with Gasteiger partial charge in [-0.3, -0.25) is 9.47 Å². The molecule has 0 radical (unpaired) electrons. The van der Waals surface area contributed by atoms with Crippen LogP contribution in [0.2, 0.25) is 5.02 Å². The van der Waals surface area contributed by atoms with Crippen molar-refractivity contribution in [3.05, 3.63) is 58.9 Å². The van der Waals surface area contributed by atoms with Gasteiger partial charge in [0.2, 0.25) is 5.95 Å². The number of aromatic nitrogens is 5. The average Bonchev–Trinajstić information content (AvgIpc) is 3.15. The number of anilines is 1. The van der Waals surface area contributed by atoms with E-state index in [9.17, 15) is 8.78 Å². The van der Waals surface area contributed by atoms with Crippen LogP contribution in [0.15, 0.2) is 36.7 Å². The topological polar surface area (TPSA) is 72.2 Å². The summed E-state index contributed by atoms with van der Waals surface area (Å²) >= 11 is 6.32. The standard InChI is InChI=1S/C24H26ClF2N7O/c25-19-2-3-20-17(10-19)11-32(15-24(26,27)18-13-35-14-18)12-21-30-31-22(34(20)21)16-4-8-33(9-5-16)23-28-6-1-7-29-23/h1-3,6-7,10,16,18H,4-5,8-9,11-15H2. The number of hydrogen-bond acceptors (Lipinski definition) is 7. The summed E-state index contributed by atoms with van der Waals surface area (Å²) in [4.78, 5) is 12.7. The van der Waals surface area contributed by atoms with Crippen LogP contribution in [0.5, 0.6) is 0 Å². The molecule has 0 N–H and O–H groups in total. The van der Waals surface area contributed by atoms with Crippen molar-refractivity contribution in [3.63, 3.8) is 0 Å². The first-order valence-electron chi connectivity index (χ1n) is 11.9. The SMILES string of the molecule is FC(F)(CN1Cc2cc(Cl)ccc2-n2c(nnc2C2CCN(c3ncccn3)CC2)C1)C1COC1. The Labute approximate surface area is 206 Å². The van der Waals surface area contributed by atoms with E-state index in [4.69, 9.17) is 16.3 Å². The van der Waals surface area contributed by atoms with Crippen molar-refractivity contribution in [1.29, 1.82) is 0 Å². The number of alkyl halides is 2. The van der Waals surface area contributed by atoms with Crippen LogP contribution in [-0.4, -0.2) is 68.4 Å². The summed E-state index contributed by atoms with van der Waals surface area (Å²) in [7, 11) is 0. The molecule has 0 saturated carbocycles. The largest absolute Gasteiger partial charge is 0.380 e. The van der Waals surface area contributed by atoms with Gasteiger partial charge in [-0.2, -0.15) is 0 Å². The van der Waals surface area contributed by atoms with Crippen molar-refractivity contribution in [2.45, 2.75) is 37.8 Å². The molecule has 3 aliphatic heterocycles. The van der Waals surface area contributed by atoms with Gasteiger partial charge in [-0.05, 0) is 42.7 Å². The second kappa shape index (κ2) is 9.07. The summed E-state index contributed by atoms with van der Waals surface area (Å²) in [6.07, 6.45) is 5.26. The third-order valence-corrected chi connectivity index (χ3v) is 7.40. The van der Waals surface area contributed by atoms with Gasteiger partial charge >= 0.3 is 0 Å². The molecule has 8 nitrogen and oxygen atoms in total. The van der Waals surface area contributed by atoms with E-state index in [1.54, 1.807) is 17.3 Å². The monoisotopic (exact) mass is 501 g/mol.